The van der Waals surface area contributed by atoms with Crippen molar-refractivity contribution in [1.82, 2.24) is 10.3 Å². The molecule has 0 radical (unpaired) electrons. The third-order valence-electron chi connectivity index (χ3n) is 2.59. The summed E-state index contributed by atoms with van der Waals surface area (Å²) in [5, 5.41) is 14.5. The van der Waals surface area contributed by atoms with E-state index in [1.807, 2.05) is 19.2 Å². The Balaban J connectivity index is 2.09. The van der Waals surface area contributed by atoms with Crippen LogP contribution in [0.15, 0.2) is 5.38 Å². The van der Waals surface area contributed by atoms with Crippen LogP contribution in [0.2, 0.25) is 0 Å². The van der Waals surface area contributed by atoms with Crippen molar-refractivity contribution in [2.45, 2.75) is 44.9 Å². The van der Waals surface area contributed by atoms with Gasteiger partial charge in [0.2, 0.25) is 5.91 Å². The molecule has 5 nitrogen and oxygen atoms in total. The zero-order valence-corrected chi connectivity index (χ0v) is 13.4. The highest BCUT2D eigenvalue weighted by atomic mass is 32.2. The first kappa shape index (κ1) is 17.0. The van der Waals surface area contributed by atoms with Gasteiger partial charge in [0.05, 0.1) is 10.7 Å². The van der Waals surface area contributed by atoms with Gasteiger partial charge >= 0.3 is 5.97 Å². The van der Waals surface area contributed by atoms with Crippen molar-refractivity contribution in [3.8, 4) is 0 Å². The Kier molecular flexibility index (Phi) is 7.61. The Morgan fingerprint density at radius 3 is 2.85 bits per heavy atom. The van der Waals surface area contributed by atoms with E-state index < -0.39 is 5.97 Å². The molecule has 1 unspecified atom stereocenters. The molecule has 2 N–H and O–H groups in total. The van der Waals surface area contributed by atoms with Gasteiger partial charge in [0.15, 0.2) is 0 Å². The number of thioether (sulfide) groups is 1. The number of nitrogens with zero attached hydrogens (tertiary/aromatic N) is 1. The fraction of sp³-hybridized carbons (Fsp3) is 0.615. The number of carboxylic acid groups (broad SMARTS) is 1. The standard InChI is InChI=1S/C13H20N2O3S2/c1-9(3-4-13(17)18)14-12(16)5-6-19-7-11-8-20-10(2)15-11/h8-9H,3-7H2,1-2H3,(H,14,16)(H,17,18). The van der Waals surface area contributed by atoms with Crippen LogP contribution in [-0.4, -0.2) is 33.8 Å². The van der Waals surface area contributed by atoms with E-state index in [1.165, 1.54) is 0 Å². The first-order valence-electron chi connectivity index (χ1n) is 6.47. The van der Waals surface area contributed by atoms with Crippen molar-refractivity contribution in [2.24, 2.45) is 0 Å². The predicted octanol–water partition coefficient (Wildman–Crippen LogP) is 2.44. The molecule has 0 aromatic carbocycles. The summed E-state index contributed by atoms with van der Waals surface area (Å²) in [6, 6.07) is -0.0928. The molecule has 20 heavy (non-hydrogen) atoms. The van der Waals surface area contributed by atoms with Crippen molar-refractivity contribution >= 4 is 35.0 Å². The van der Waals surface area contributed by atoms with E-state index in [-0.39, 0.29) is 18.4 Å². The van der Waals surface area contributed by atoms with Gasteiger partial charge in [-0.2, -0.15) is 11.8 Å². The van der Waals surface area contributed by atoms with Crippen molar-refractivity contribution in [3.63, 3.8) is 0 Å². The molecule has 0 aliphatic heterocycles. The smallest absolute Gasteiger partial charge is 0.303 e. The Morgan fingerprint density at radius 2 is 2.25 bits per heavy atom. The zero-order valence-electron chi connectivity index (χ0n) is 11.7. The number of thiazole rings is 1. The summed E-state index contributed by atoms with van der Waals surface area (Å²) in [7, 11) is 0. The quantitative estimate of drug-likeness (QED) is 0.684. The number of aliphatic carboxylic acids is 1. The Morgan fingerprint density at radius 1 is 1.50 bits per heavy atom. The summed E-state index contributed by atoms with van der Waals surface area (Å²) in [5.74, 6) is 0.713. The second-order valence-corrected chi connectivity index (χ2v) is 6.73. The molecule has 7 heteroatoms. The number of nitrogens with one attached hydrogen (secondary N) is 1. The first-order chi connectivity index (χ1) is 9.47. The van der Waals surface area contributed by atoms with Crippen LogP contribution < -0.4 is 5.32 Å². The van der Waals surface area contributed by atoms with E-state index >= 15 is 0 Å². The number of carboxylic acids is 1. The molecule has 1 atom stereocenters. The number of carbonyl (C=O) groups excluding carboxylic acids is 1. The average molecular weight is 316 g/mol. The monoisotopic (exact) mass is 316 g/mol. The lowest BCUT2D eigenvalue weighted by Crippen LogP contribution is -2.33. The number of carbonyl (C=O) groups is 2. The number of hydrogen-bond acceptors (Lipinski definition) is 5. The topological polar surface area (TPSA) is 79.3 Å². The molecule has 1 aromatic heterocycles. The second-order valence-electron chi connectivity index (χ2n) is 4.56. The van der Waals surface area contributed by atoms with Crippen molar-refractivity contribution in [3.05, 3.63) is 16.1 Å². The highest BCUT2D eigenvalue weighted by Gasteiger charge is 2.09. The Labute approximate surface area is 127 Å². The van der Waals surface area contributed by atoms with Gasteiger partial charge in [0.25, 0.3) is 0 Å². The van der Waals surface area contributed by atoms with Crippen LogP contribution >= 0.6 is 23.1 Å². The van der Waals surface area contributed by atoms with E-state index in [9.17, 15) is 9.59 Å². The molecule has 0 spiro atoms. The lowest BCUT2D eigenvalue weighted by Gasteiger charge is -2.12. The number of aromatic nitrogens is 1. The summed E-state index contributed by atoms with van der Waals surface area (Å²) in [5.41, 5.74) is 1.06. The number of hydrogen-bond donors (Lipinski definition) is 2. The van der Waals surface area contributed by atoms with Gasteiger partial charge in [0, 0.05) is 35.8 Å². The minimum Gasteiger partial charge on any atom is -0.481 e. The summed E-state index contributed by atoms with van der Waals surface area (Å²) in [6.45, 7) is 3.80. The van der Waals surface area contributed by atoms with Gasteiger partial charge < -0.3 is 10.4 Å². The van der Waals surface area contributed by atoms with Crippen molar-refractivity contribution in [1.29, 1.82) is 0 Å². The molecule has 1 rings (SSSR count). The maximum absolute atomic E-state index is 11.6. The number of amides is 1. The van der Waals surface area contributed by atoms with Gasteiger partial charge in [-0.05, 0) is 20.3 Å². The van der Waals surface area contributed by atoms with Gasteiger partial charge in [0.1, 0.15) is 0 Å². The maximum Gasteiger partial charge on any atom is 0.303 e. The van der Waals surface area contributed by atoms with Gasteiger partial charge in [-0.25, -0.2) is 4.98 Å². The normalized spacial score (nSPS) is 12.1. The average Bonchev–Trinajstić information content (AvgIpc) is 2.78. The van der Waals surface area contributed by atoms with E-state index in [2.05, 4.69) is 10.3 Å². The van der Waals surface area contributed by atoms with Gasteiger partial charge in [-0.3, -0.25) is 9.59 Å². The minimum absolute atomic E-state index is 0.0233. The van der Waals surface area contributed by atoms with E-state index in [0.717, 1.165) is 22.2 Å². The molecule has 1 amide bonds. The van der Waals surface area contributed by atoms with Crippen LogP contribution in [0, 0.1) is 6.92 Å². The van der Waals surface area contributed by atoms with Crippen LogP contribution in [0.3, 0.4) is 0 Å². The second kappa shape index (κ2) is 8.97. The van der Waals surface area contributed by atoms with Crippen LogP contribution in [0.4, 0.5) is 0 Å². The van der Waals surface area contributed by atoms with E-state index in [0.29, 0.717) is 12.8 Å². The number of aryl methyl sites for hydroxylation is 1. The molecule has 0 aliphatic rings. The SMILES string of the molecule is Cc1nc(CSCCC(=O)NC(C)CCC(=O)O)cs1. The molecule has 0 saturated heterocycles. The Bertz CT molecular complexity index is 449. The molecule has 1 aromatic rings. The lowest BCUT2D eigenvalue weighted by atomic mass is 10.2. The molecule has 1 heterocycles. The lowest BCUT2D eigenvalue weighted by molar-refractivity contribution is -0.137. The highest BCUT2D eigenvalue weighted by Crippen LogP contribution is 2.15. The molecule has 0 fully saturated rings. The van der Waals surface area contributed by atoms with Gasteiger partial charge in [-0.15, -0.1) is 11.3 Å². The molecule has 112 valence electrons. The summed E-state index contributed by atoms with van der Waals surface area (Å²) >= 11 is 3.32. The number of rotatable bonds is 9. The van der Waals surface area contributed by atoms with Crippen molar-refractivity contribution < 1.29 is 14.7 Å². The first-order valence-corrected chi connectivity index (χ1v) is 8.50. The van der Waals surface area contributed by atoms with E-state index in [4.69, 9.17) is 5.11 Å². The zero-order chi connectivity index (χ0) is 15.0. The van der Waals surface area contributed by atoms with Crippen LogP contribution in [0.1, 0.15) is 36.9 Å². The highest BCUT2D eigenvalue weighted by molar-refractivity contribution is 7.98. The van der Waals surface area contributed by atoms with Crippen LogP contribution in [-0.2, 0) is 15.3 Å². The van der Waals surface area contributed by atoms with Gasteiger partial charge in [-0.1, -0.05) is 0 Å². The molecular weight excluding hydrogens is 296 g/mol. The fourth-order valence-electron chi connectivity index (χ4n) is 1.58. The third-order valence-corrected chi connectivity index (χ3v) is 4.40. The summed E-state index contributed by atoms with van der Waals surface area (Å²) < 4.78 is 0. The maximum atomic E-state index is 11.6. The van der Waals surface area contributed by atoms with Crippen LogP contribution in [0.25, 0.3) is 0 Å². The predicted molar refractivity (Wildman–Crippen MR) is 82.1 cm³/mol. The van der Waals surface area contributed by atoms with E-state index in [1.54, 1.807) is 23.1 Å². The summed E-state index contributed by atoms with van der Waals surface area (Å²) in [4.78, 5) is 26.4. The molecule has 0 saturated carbocycles. The van der Waals surface area contributed by atoms with Crippen molar-refractivity contribution in [2.75, 3.05) is 5.75 Å². The molecule has 0 bridgehead atoms. The minimum atomic E-state index is -0.833. The van der Waals surface area contributed by atoms with Crippen LogP contribution in [0.5, 0.6) is 0 Å². The fourth-order valence-corrected chi connectivity index (χ4v) is 3.12. The third kappa shape index (κ3) is 7.49. The Hall–Kier alpha value is -1.08. The summed E-state index contributed by atoms with van der Waals surface area (Å²) in [6.07, 6.45) is 0.997. The molecule has 0 aliphatic carbocycles. The molecular formula is C13H20N2O3S2. The largest absolute Gasteiger partial charge is 0.481 e.